The Morgan fingerprint density at radius 1 is 1.14 bits per heavy atom. The van der Waals surface area contributed by atoms with Gasteiger partial charge >= 0.3 is 0 Å². The van der Waals surface area contributed by atoms with E-state index in [9.17, 15) is 22.8 Å². The molecule has 3 N–H and O–H groups in total. The highest BCUT2D eigenvalue weighted by molar-refractivity contribution is 7.89. The average Bonchev–Trinajstić information content (AvgIpc) is 2.67. The predicted octanol–water partition coefficient (Wildman–Crippen LogP) is 1.53. The molecule has 0 unspecified atom stereocenters. The first kappa shape index (κ1) is 20.5. The summed E-state index contributed by atoms with van der Waals surface area (Å²) in [6, 6.07) is 10.3. The Morgan fingerprint density at radius 2 is 1.86 bits per heavy atom. The van der Waals surface area contributed by atoms with Crippen molar-refractivity contribution in [1.29, 1.82) is 0 Å². The SMILES string of the molecule is CC(=O)c1ccc(S(=O)(=O)NCCC(=O)Nc2ccc3c(c2)NC(=O)CO3)cc1. The van der Waals surface area contributed by atoms with Gasteiger partial charge in [0.05, 0.1) is 10.6 Å². The molecule has 0 aromatic heterocycles. The second-order valence-corrected chi connectivity index (χ2v) is 8.09. The van der Waals surface area contributed by atoms with Crippen molar-refractivity contribution in [3.8, 4) is 5.75 Å². The first-order chi connectivity index (χ1) is 13.7. The zero-order valence-corrected chi connectivity index (χ0v) is 16.3. The van der Waals surface area contributed by atoms with E-state index in [4.69, 9.17) is 4.74 Å². The molecule has 1 aliphatic heterocycles. The summed E-state index contributed by atoms with van der Waals surface area (Å²) in [6.07, 6.45) is -0.0926. The maximum atomic E-state index is 12.3. The highest BCUT2D eigenvalue weighted by Gasteiger charge is 2.17. The number of carbonyl (C=O) groups is 3. The number of amides is 2. The molecular formula is C19H19N3O6S. The van der Waals surface area contributed by atoms with Crippen molar-refractivity contribution in [3.05, 3.63) is 48.0 Å². The molecule has 9 nitrogen and oxygen atoms in total. The zero-order valence-electron chi connectivity index (χ0n) is 15.5. The monoisotopic (exact) mass is 417 g/mol. The van der Waals surface area contributed by atoms with Crippen LogP contribution in [0.3, 0.4) is 0 Å². The zero-order chi connectivity index (χ0) is 21.0. The fraction of sp³-hybridized carbons (Fsp3) is 0.211. The minimum Gasteiger partial charge on any atom is -0.482 e. The molecule has 0 saturated heterocycles. The summed E-state index contributed by atoms with van der Waals surface area (Å²) in [5.74, 6) is -0.340. The minimum absolute atomic E-state index is 0.00772. The molecule has 3 rings (SSSR count). The number of ether oxygens (including phenoxy) is 1. The number of hydrogen-bond donors (Lipinski definition) is 3. The van der Waals surface area contributed by atoms with Crippen molar-refractivity contribution in [2.24, 2.45) is 0 Å². The molecule has 0 fully saturated rings. The van der Waals surface area contributed by atoms with Crippen LogP contribution < -0.4 is 20.1 Å². The van der Waals surface area contributed by atoms with Gasteiger partial charge in [-0.15, -0.1) is 0 Å². The lowest BCUT2D eigenvalue weighted by Gasteiger charge is -2.18. The number of fused-ring (bicyclic) bond motifs is 1. The second-order valence-electron chi connectivity index (χ2n) is 6.32. The van der Waals surface area contributed by atoms with Gasteiger partial charge in [0, 0.05) is 24.2 Å². The van der Waals surface area contributed by atoms with Crippen LogP contribution in [0.1, 0.15) is 23.7 Å². The van der Waals surface area contributed by atoms with E-state index < -0.39 is 15.9 Å². The molecule has 152 valence electrons. The molecule has 2 aromatic rings. The standard InChI is InChI=1S/C19H19N3O6S/c1-12(23)13-2-5-15(6-3-13)29(26,27)20-9-8-18(24)21-14-4-7-17-16(10-14)22-19(25)11-28-17/h2-7,10,20H,8-9,11H2,1H3,(H,21,24)(H,22,25). The van der Waals surface area contributed by atoms with Crippen LogP contribution >= 0.6 is 0 Å². The molecule has 0 saturated carbocycles. The maximum absolute atomic E-state index is 12.3. The van der Waals surface area contributed by atoms with E-state index in [0.29, 0.717) is 22.7 Å². The summed E-state index contributed by atoms with van der Waals surface area (Å²) in [5.41, 5.74) is 1.31. The molecule has 0 atom stereocenters. The molecule has 0 radical (unpaired) electrons. The summed E-state index contributed by atoms with van der Waals surface area (Å²) >= 11 is 0. The van der Waals surface area contributed by atoms with E-state index >= 15 is 0 Å². The largest absolute Gasteiger partial charge is 0.482 e. The Hall–Kier alpha value is -3.24. The number of hydrogen-bond acceptors (Lipinski definition) is 6. The van der Waals surface area contributed by atoms with E-state index in [1.807, 2.05) is 0 Å². The van der Waals surface area contributed by atoms with Gasteiger partial charge in [0.25, 0.3) is 5.91 Å². The molecular weight excluding hydrogens is 398 g/mol. The molecule has 10 heteroatoms. The van der Waals surface area contributed by atoms with Gasteiger partial charge in [0.15, 0.2) is 12.4 Å². The molecule has 29 heavy (non-hydrogen) atoms. The third-order valence-corrected chi connectivity index (χ3v) is 5.59. The van der Waals surface area contributed by atoms with Crippen LogP contribution in [0.5, 0.6) is 5.75 Å². The summed E-state index contributed by atoms with van der Waals surface area (Å²) in [5, 5.41) is 5.27. The van der Waals surface area contributed by atoms with Gasteiger partial charge in [-0.25, -0.2) is 13.1 Å². The summed E-state index contributed by atoms with van der Waals surface area (Å²) in [7, 11) is -3.79. The Balaban J connectivity index is 1.53. The van der Waals surface area contributed by atoms with E-state index in [0.717, 1.165) is 0 Å². The van der Waals surface area contributed by atoms with Crippen LogP contribution in [0.4, 0.5) is 11.4 Å². The number of carbonyl (C=O) groups excluding carboxylic acids is 3. The van der Waals surface area contributed by atoms with Crippen LogP contribution in [0, 0.1) is 0 Å². The summed E-state index contributed by atoms with van der Waals surface area (Å²) < 4.78 is 32.1. The summed E-state index contributed by atoms with van der Waals surface area (Å²) in [4.78, 5) is 34.7. The number of sulfonamides is 1. The van der Waals surface area contributed by atoms with E-state index in [2.05, 4.69) is 15.4 Å². The fourth-order valence-electron chi connectivity index (χ4n) is 2.64. The smallest absolute Gasteiger partial charge is 0.262 e. The lowest BCUT2D eigenvalue weighted by Crippen LogP contribution is -2.28. The maximum Gasteiger partial charge on any atom is 0.262 e. The van der Waals surface area contributed by atoms with Crippen molar-refractivity contribution < 1.29 is 27.5 Å². The number of rotatable bonds is 7. The fourth-order valence-corrected chi connectivity index (χ4v) is 3.67. The Bertz CT molecular complexity index is 1060. The van der Waals surface area contributed by atoms with E-state index in [-0.39, 0.29) is 36.2 Å². The van der Waals surface area contributed by atoms with Gasteiger partial charge in [-0.2, -0.15) is 0 Å². The predicted molar refractivity (Wildman–Crippen MR) is 105 cm³/mol. The van der Waals surface area contributed by atoms with Crippen LogP contribution in [-0.2, 0) is 19.6 Å². The molecule has 2 aromatic carbocycles. The van der Waals surface area contributed by atoms with Crippen LogP contribution in [0.2, 0.25) is 0 Å². The van der Waals surface area contributed by atoms with E-state index in [1.54, 1.807) is 18.2 Å². The Labute approximate surface area is 167 Å². The van der Waals surface area contributed by atoms with Gasteiger partial charge < -0.3 is 15.4 Å². The van der Waals surface area contributed by atoms with Gasteiger partial charge in [-0.1, -0.05) is 12.1 Å². The second kappa shape index (κ2) is 8.41. The van der Waals surface area contributed by atoms with Gasteiger partial charge in [-0.05, 0) is 37.3 Å². The third-order valence-electron chi connectivity index (χ3n) is 4.11. The number of ketones is 1. The molecule has 1 heterocycles. The van der Waals surface area contributed by atoms with Gasteiger partial charge in [0.2, 0.25) is 15.9 Å². The lowest BCUT2D eigenvalue weighted by atomic mass is 10.2. The molecule has 2 amide bonds. The van der Waals surface area contributed by atoms with Crippen molar-refractivity contribution in [2.75, 3.05) is 23.8 Å². The van der Waals surface area contributed by atoms with Crippen molar-refractivity contribution in [3.63, 3.8) is 0 Å². The molecule has 0 spiro atoms. The Morgan fingerprint density at radius 3 is 2.55 bits per heavy atom. The van der Waals surface area contributed by atoms with Crippen molar-refractivity contribution in [2.45, 2.75) is 18.2 Å². The molecule has 0 bridgehead atoms. The number of anilines is 2. The van der Waals surface area contributed by atoms with Crippen molar-refractivity contribution >= 4 is 39.0 Å². The quantitative estimate of drug-likeness (QED) is 0.586. The molecule has 1 aliphatic rings. The topological polar surface area (TPSA) is 131 Å². The number of Topliss-reactive ketones (excluding diaryl/α,β-unsaturated/α-hetero) is 1. The number of nitrogens with one attached hydrogen (secondary N) is 3. The van der Waals surface area contributed by atoms with Crippen LogP contribution in [0.25, 0.3) is 0 Å². The normalized spacial score (nSPS) is 13.1. The van der Waals surface area contributed by atoms with Crippen LogP contribution in [0.15, 0.2) is 47.4 Å². The van der Waals surface area contributed by atoms with Gasteiger partial charge in [0.1, 0.15) is 5.75 Å². The van der Waals surface area contributed by atoms with Crippen molar-refractivity contribution in [1.82, 2.24) is 4.72 Å². The lowest BCUT2D eigenvalue weighted by molar-refractivity contribution is -0.118. The number of benzene rings is 2. The van der Waals surface area contributed by atoms with Crippen LogP contribution in [-0.4, -0.2) is 39.2 Å². The minimum atomic E-state index is -3.79. The third kappa shape index (κ3) is 5.18. The highest BCUT2D eigenvalue weighted by atomic mass is 32.2. The summed E-state index contributed by atoms with van der Waals surface area (Å²) in [6.45, 7) is 1.23. The average molecular weight is 417 g/mol. The highest BCUT2D eigenvalue weighted by Crippen LogP contribution is 2.30. The first-order valence-corrected chi connectivity index (χ1v) is 10.2. The first-order valence-electron chi connectivity index (χ1n) is 8.72. The van der Waals surface area contributed by atoms with Gasteiger partial charge in [-0.3, -0.25) is 14.4 Å². The molecule has 0 aliphatic carbocycles. The Kier molecular flexibility index (Phi) is 5.95. The van der Waals surface area contributed by atoms with E-state index in [1.165, 1.54) is 31.2 Å².